The smallest absolute Gasteiger partial charge is 0.270 e. The van der Waals surface area contributed by atoms with E-state index >= 15 is 0 Å². The van der Waals surface area contributed by atoms with Crippen molar-refractivity contribution in [2.24, 2.45) is 0 Å². The van der Waals surface area contributed by atoms with Gasteiger partial charge >= 0.3 is 0 Å². The van der Waals surface area contributed by atoms with E-state index in [0.717, 1.165) is 16.8 Å². The lowest BCUT2D eigenvalue weighted by atomic mass is 10.1. The van der Waals surface area contributed by atoms with Crippen molar-refractivity contribution in [3.8, 4) is 0 Å². The van der Waals surface area contributed by atoms with Gasteiger partial charge in [-0.1, -0.05) is 48.0 Å². The molecular weight excluding hydrogens is 348 g/mol. The second-order valence-corrected chi connectivity index (χ2v) is 6.34. The molecule has 6 heteroatoms. The van der Waals surface area contributed by atoms with Crippen LogP contribution in [-0.4, -0.2) is 15.9 Å². The van der Waals surface area contributed by atoms with E-state index in [-0.39, 0.29) is 11.9 Å². The molecule has 0 saturated carbocycles. The second-order valence-electron chi connectivity index (χ2n) is 5.93. The van der Waals surface area contributed by atoms with Gasteiger partial charge in [-0.3, -0.25) is 4.79 Å². The highest BCUT2D eigenvalue weighted by Crippen LogP contribution is 2.25. The molecule has 2 N–H and O–H groups in total. The van der Waals surface area contributed by atoms with Gasteiger partial charge in [-0.2, -0.15) is 0 Å². The van der Waals surface area contributed by atoms with Gasteiger partial charge in [-0.15, -0.1) is 0 Å². The molecule has 0 bridgehead atoms. The van der Waals surface area contributed by atoms with Crippen molar-refractivity contribution in [2.75, 3.05) is 5.32 Å². The standard InChI is InChI=1S/C20H19ClN4O/c1-13-16(21)9-6-10-17(13)25-19-11-18(22-12-23-19)20(26)24-14(2)15-7-4-3-5-8-15/h3-12,14H,1-2H3,(H,24,26)(H,22,23,25). The summed E-state index contributed by atoms with van der Waals surface area (Å²) >= 11 is 6.14. The zero-order valence-corrected chi connectivity index (χ0v) is 15.3. The molecular formula is C20H19ClN4O. The summed E-state index contributed by atoms with van der Waals surface area (Å²) < 4.78 is 0. The highest BCUT2D eigenvalue weighted by atomic mass is 35.5. The number of rotatable bonds is 5. The van der Waals surface area contributed by atoms with Crippen LogP contribution in [0.25, 0.3) is 0 Å². The Morgan fingerprint density at radius 1 is 1.08 bits per heavy atom. The number of nitrogens with zero attached hydrogens (tertiary/aromatic N) is 2. The monoisotopic (exact) mass is 366 g/mol. The highest BCUT2D eigenvalue weighted by molar-refractivity contribution is 6.31. The Morgan fingerprint density at radius 3 is 2.62 bits per heavy atom. The van der Waals surface area contributed by atoms with Gasteiger partial charge in [-0.05, 0) is 37.1 Å². The first-order valence-electron chi connectivity index (χ1n) is 8.24. The van der Waals surface area contributed by atoms with Crippen LogP contribution in [0.3, 0.4) is 0 Å². The van der Waals surface area contributed by atoms with Crippen LogP contribution in [0.2, 0.25) is 5.02 Å². The van der Waals surface area contributed by atoms with Crippen molar-refractivity contribution < 1.29 is 4.79 Å². The molecule has 3 rings (SSSR count). The molecule has 5 nitrogen and oxygen atoms in total. The Morgan fingerprint density at radius 2 is 1.85 bits per heavy atom. The zero-order valence-electron chi connectivity index (χ0n) is 14.5. The van der Waals surface area contributed by atoms with Crippen molar-refractivity contribution >= 4 is 29.0 Å². The van der Waals surface area contributed by atoms with Crippen LogP contribution in [-0.2, 0) is 0 Å². The number of amides is 1. The molecule has 1 atom stereocenters. The number of carbonyl (C=O) groups excluding carboxylic acids is 1. The van der Waals surface area contributed by atoms with Gasteiger partial charge in [-0.25, -0.2) is 9.97 Å². The van der Waals surface area contributed by atoms with E-state index in [2.05, 4.69) is 20.6 Å². The molecule has 0 fully saturated rings. The molecule has 0 radical (unpaired) electrons. The van der Waals surface area contributed by atoms with Gasteiger partial charge in [0.2, 0.25) is 0 Å². The van der Waals surface area contributed by atoms with Crippen molar-refractivity contribution in [3.63, 3.8) is 0 Å². The third-order valence-electron chi connectivity index (χ3n) is 4.08. The summed E-state index contributed by atoms with van der Waals surface area (Å²) in [6.45, 7) is 3.85. The summed E-state index contributed by atoms with van der Waals surface area (Å²) in [6, 6.07) is 16.9. The highest BCUT2D eigenvalue weighted by Gasteiger charge is 2.13. The van der Waals surface area contributed by atoms with Crippen molar-refractivity contribution in [3.05, 3.63) is 82.8 Å². The maximum Gasteiger partial charge on any atom is 0.270 e. The largest absolute Gasteiger partial charge is 0.344 e. The molecule has 1 unspecified atom stereocenters. The summed E-state index contributed by atoms with van der Waals surface area (Å²) in [5, 5.41) is 6.79. The van der Waals surface area contributed by atoms with E-state index in [9.17, 15) is 4.79 Å². The van der Waals surface area contributed by atoms with E-state index in [1.54, 1.807) is 6.07 Å². The molecule has 1 amide bonds. The molecule has 0 aliphatic heterocycles. The minimum atomic E-state index is -0.255. The fourth-order valence-electron chi connectivity index (χ4n) is 2.53. The SMILES string of the molecule is Cc1c(Cl)cccc1Nc1cc(C(=O)NC(C)c2ccccc2)ncn1. The Bertz CT molecular complexity index is 915. The van der Waals surface area contributed by atoms with E-state index < -0.39 is 0 Å². The van der Waals surface area contributed by atoms with Crippen LogP contribution >= 0.6 is 11.6 Å². The first-order chi connectivity index (χ1) is 12.5. The normalized spacial score (nSPS) is 11.7. The molecule has 1 aromatic heterocycles. The van der Waals surface area contributed by atoms with Crippen molar-refractivity contribution in [1.29, 1.82) is 0 Å². The second kappa shape index (κ2) is 7.97. The third-order valence-corrected chi connectivity index (χ3v) is 4.49. The molecule has 0 aliphatic rings. The quantitative estimate of drug-likeness (QED) is 0.688. The minimum absolute atomic E-state index is 0.120. The molecule has 26 heavy (non-hydrogen) atoms. The fraction of sp³-hybridized carbons (Fsp3) is 0.150. The number of hydrogen-bond donors (Lipinski definition) is 2. The average molecular weight is 367 g/mol. The summed E-state index contributed by atoms with van der Waals surface area (Å²) in [7, 11) is 0. The summed E-state index contributed by atoms with van der Waals surface area (Å²) in [5.74, 6) is 0.275. The van der Waals surface area contributed by atoms with Crippen LogP contribution in [0.1, 0.15) is 34.6 Å². The van der Waals surface area contributed by atoms with Gasteiger partial charge in [0, 0.05) is 16.8 Å². The lowest BCUT2D eigenvalue weighted by Crippen LogP contribution is -2.27. The predicted molar refractivity (Wildman–Crippen MR) is 104 cm³/mol. The maximum atomic E-state index is 12.5. The number of aromatic nitrogens is 2. The maximum absolute atomic E-state index is 12.5. The van der Waals surface area contributed by atoms with E-state index in [4.69, 9.17) is 11.6 Å². The molecule has 2 aromatic carbocycles. The Kier molecular flexibility index (Phi) is 5.49. The molecule has 0 saturated heterocycles. The molecule has 0 spiro atoms. The zero-order chi connectivity index (χ0) is 18.5. The van der Waals surface area contributed by atoms with Crippen molar-refractivity contribution in [2.45, 2.75) is 19.9 Å². The minimum Gasteiger partial charge on any atom is -0.344 e. The third kappa shape index (κ3) is 4.18. The number of anilines is 2. The van der Waals surface area contributed by atoms with E-state index in [0.29, 0.717) is 16.5 Å². The van der Waals surface area contributed by atoms with Crippen LogP contribution in [0.15, 0.2) is 60.9 Å². The topological polar surface area (TPSA) is 66.9 Å². The number of hydrogen-bond acceptors (Lipinski definition) is 4. The number of nitrogens with one attached hydrogen (secondary N) is 2. The summed E-state index contributed by atoms with van der Waals surface area (Å²) in [6.07, 6.45) is 1.37. The first kappa shape index (κ1) is 17.9. The van der Waals surface area contributed by atoms with E-state index in [1.807, 2.05) is 62.4 Å². The van der Waals surface area contributed by atoms with Gasteiger partial charge < -0.3 is 10.6 Å². The van der Waals surface area contributed by atoms with Gasteiger partial charge in [0.25, 0.3) is 5.91 Å². The van der Waals surface area contributed by atoms with E-state index in [1.165, 1.54) is 6.33 Å². The van der Waals surface area contributed by atoms with Crippen LogP contribution < -0.4 is 10.6 Å². The average Bonchev–Trinajstić information content (AvgIpc) is 2.66. The lowest BCUT2D eigenvalue weighted by Gasteiger charge is -2.14. The van der Waals surface area contributed by atoms with Crippen LogP contribution in [0.4, 0.5) is 11.5 Å². The molecule has 0 aliphatic carbocycles. The predicted octanol–water partition coefficient (Wildman–Crippen LogP) is 4.67. The van der Waals surface area contributed by atoms with Crippen LogP contribution in [0, 0.1) is 6.92 Å². The van der Waals surface area contributed by atoms with Crippen LogP contribution in [0.5, 0.6) is 0 Å². The fourth-order valence-corrected chi connectivity index (χ4v) is 2.70. The number of carbonyl (C=O) groups is 1. The van der Waals surface area contributed by atoms with Gasteiger partial charge in [0.15, 0.2) is 0 Å². The molecule has 1 heterocycles. The Labute approximate surface area is 157 Å². The number of benzene rings is 2. The number of halogens is 1. The van der Waals surface area contributed by atoms with Gasteiger partial charge in [0.1, 0.15) is 17.8 Å². The lowest BCUT2D eigenvalue weighted by molar-refractivity contribution is 0.0934. The summed E-state index contributed by atoms with van der Waals surface area (Å²) in [5.41, 5.74) is 3.07. The molecule has 132 valence electrons. The Balaban J connectivity index is 1.74. The molecule has 3 aromatic rings. The van der Waals surface area contributed by atoms with Crippen molar-refractivity contribution in [1.82, 2.24) is 15.3 Å². The van der Waals surface area contributed by atoms with Gasteiger partial charge in [0.05, 0.1) is 6.04 Å². The summed E-state index contributed by atoms with van der Waals surface area (Å²) in [4.78, 5) is 20.8. The Hall–Kier alpha value is -2.92. The first-order valence-corrected chi connectivity index (χ1v) is 8.62.